The van der Waals surface area contributed by atoms with Crippen LogP contribution in [0, 0.1) is 0 Å². The molecule has 8 heteroatoms. The van der Waals surface area contributed by atoms with Crippen molar-refractivity contribution in [2.24, 2.45) is 0 Å². The number of carbonyl (C=O) groups is 3. The monoisotopic (exact) mass is 746 g/mol. The van der Waals surface area contributed by atoms with Crippen molar-refractivity contribution in [1.82, 2.24) is 0 Å². The van der Waals surface area contributed by atoms with Crippen LogP contribution >= 0.6 is 0 Å². The third-order valence-corrected chi connectivity index (χ3v) is 9.23. The molecule has 0 rings (SSSR count). The molecule has 0 aliphatic carbocycles. The van der Waals surface area contributed by atoms with Crippen molar-refractivity contribution >= 4 is 17.9 Å². The molecule has 0 bridgehead atoms. The van der Waals surface area contributed by atoms with Crippen LogP contribution in [0.4, 0.5) is 0 Å². The van der Waals surface area contributed by atoms with Gasteiger partial charge in [0.1, 0.15) is 12.6 Å². The van der Waals surface area contributed by atoms with Crippen molar-refractivity contribution in [1.29, 1.82) is 0 Å². The highest BCUT2D eigenvalue weighted by atomic mass is 16.6. The van der Waals surface area contributed by atoms with Gasteiger partial charge in [-0.2, -0.15) is 0 Å². The molecule has 0 N–H and O–H groups in total. The molecule has 2 unspecified atom stereocenters. The highest BCUT2D eigenvalue weighted by Crippen LogP contribution is 2.14. The second-order valence-corrected chi connectivity index (χ2v) is 15.2. The number of rotatable bonds is 37. The first-order chi connectivity index (χ1) is 25.6. The standard InChI is InChI=1S/C45H79NO7/c1-6-8-10-12-14-16-18-19-20-21-22-23-24-25-26-28-30-32-34-36-44(48)53-41(39-51-38-37-42(45(49)50)46(3,4)5)40-52-43(47)35-33-31-29-27-17-15-13-11-9-7-2/h8,10,14,16,19-20,22-23,41-42H,6-7,9,11-13,15,17-18,21,24-40H2,1-5H3/b10-8-,16-14-,20-19-,23-22-. The SMILES string of the molecule is CC/C=C\C/C=C\C/C=C\C/C=C\CCCCCCCCC(=O)OC(COCCC(C(=O)[O-])[N+](C)(C)C)COC(=O)CCCCCCCCCCCC. The summed E-state index contributed by atoms with van der Waals surface area (Å²) in [7, 11) is 5.39. The van der Waals surface area contributed by atoms with Crippen LogP contribution in [-0.2, 0) is 28.6 Å². The maximum atomic E-state index is 12.7. The van der Waals surface area contributed by atoms with E-state index < -0.39 is 18.1 Å². The minimum absolute atomic E-state index is 0.0352. The van der Waals surface area contributed by atoms with Crippen molar-refractivity contribution in [2.75, 3.05) is 41.0 Å². The Balaban J connectivity index is 4.36. The first kappa shape index (κ1) is 50.3. The minimum atomic E-state index is -1.13. The fourth-order valence-electron chi connectivity index (χ4n) is 5.94. The summed E-state index contributed by atoms with van der Waals surface area (Å²) >= 11 is 0. The lowest BCUT2D eigenvalue weighted by molar-refractivity contribution is -0.889. The highest BCUT2D eigenvalue weighted by Gasteiger charge is 2.25. The normalized spacial score (nSPS) is 13.5. The zero-order chi connectivity index (χ0) is 39.3. The summed E-state index contributed by atoms with van der Waals surface area (Å²) in [5, 5.41) is 11.6. The molecule has 0 heterocycles. The van der Waals surface area contributed by atoms with E-state index in [1.54, 1.807) is 21.1 Å². The molecular formula is C45H79NO7. The molecule has 0 aliphatic heterocycles. The molecule has 0 amide bonds. The van der Waals surface area contributed by atoms with E-state index in [1.807, 2.05) is 0 Å². The van der Waals surface area contributed by atoms with Gasteiger partial charge in [-0.25, -0.2) is 0 Å². The maximum absolute atomic E-state index is 12.7. The molecule has 0 aliphatic rings. The zero-order valence-electron chi connectivity index (χ0n) is 34.7. The predicted molar refractivity (Wildman–Crippen MR) is 217 cm³/mol. The van der Waals surface area contributed by atoms with E-state index in [0.29, 0.717) is 12.8 Å². The second kappa shape index (κ2) is 36.3. The summed E-state index contributed by atoms with van der Waals surface area (Å²) in [5.41, 5.74) is 0. The summed E-state index contributed by atoms with van der Waals surface area (Å²) in [6, 6.07) is -0.727. The van der Waals surface area contributed by atoms with Crippen LogP contribution < -0.4 is 5.11 Å². The molecule has 306 valence electrons. The number of unbranched alkanes of at least 4 members (excludes halogenated alkanes) is 15. The number of carboxylic acid groups (broad SMARTS) is 1. The number of carboxylic acids is 1. The van der Waals surface area contributed by atoms with Crippen molar-refractivity contribution < 1.29 is 38.2 Å². The van der Waals surface area contributed by atoms with E-state index in [4.69, 9.17) is 14.2 Å². The Morgan fingerprint density at radius 3 is 1.57 bits per heavy atom. The number of ether oxygens (including phenoxy) is 3. The number of likely N-dealkylation sites (N-methyl/N-ethyl adjacent to an activating group) is 1. The number of quaternary nitrogens is 1. The number of aliphatic carboxylic acids is 1. The molecule has 2 atom stereocenters. The van der Waals surface area contributed by atoms with Gasteiger partial charge in [-0.05, 0) is 51.4 Å². The number of esters is 2. The average molecular weight is 746 g/mol. The predicted octanol–water partition coefficient (Wildman–Crippen LogP) is 9.91. The fourth-order valence-corrected chi connectivity index (χ4v) is 5.94. The van der Waals surface area contributed by atoms with Gasteiger partial charge in [0.05, 0.1) is 40.3 Å². The molecule has 0 spiro atoms. The quantitative estimate of drug-likeness (QED) is 0.0270. The van der Waals surface area contributed by atoms with Gasteiger partial charge in [-0.3, -0.25) is 9.59 Å². The third kappa shape index (κ3) is 34.8. The number of carbonyl (C=O) groups excluding carboxylic acids is 3. The zero-order valence-corrected chi connectivity index (χ0v) is 34.7. The highest BCUT2D eigenvalue weighted by molar-refractivity contribution is 5.70. The van der Waals surface area contributed by atoms with Crippen LogP contribution in [0.15, 0.2) is 48.6 Å². The van der Waals surface area contributed by atoms with Crippen LogP contribution in [0.25, 0.3) is 0 Å². The van der Waals surface area contributed by atoms with E-state index in [2.05, 4.69) is 62.5 Å². The molecule has 0 fully saturated rings. The maximum Gasteiger partial charge on any atom is 0.306 e. The van der Waals surface area contributed by atoms with Gasteiger partial charge in [0.15, 0.2) is 6.10 Å². The molecular weight excluding hydrogens is 666 g/mol. The molecule has 8 nitrogen and oxygen atoms in total. The van der Waals surface area contributed by atoms with Crippen molar-refractivity contribution in [3.05, 3.63) is 48.6 Å². The summed E-state index contributed by atoms with van der Waals surface area (Å²) in [6.07, 6.45) is 41.3. The van der Waals surface area contributed by atoms with Gasteiger partial charge in [0.2, 0.25) is 0 Å². The van der Waals surface area contributed by atoms with Crippen LogP contribution in [0.1, 0.15) is 168 Å². The minimum Gasteiger partial charge on any atom is -0.544 e. The van der Waals surface area contributed by atoms with Crippen LogP contribution in [-0.4, -0.2) is 75.5 Å². The van der Waals surface area contributed by atoms with Crippen molar-refractivity contribution in [2.45, 2.75) is 180 Å². The summed E-state index contributed by atoms with van der Waals surface area (Å²) < 4.78 is 17.1. The molecule has 0 aromatic rings. The first-order valence-electron chi connectivity index (χ1n) is 21.2. The van der Waals surface area contributed by atoms with Gasteiger partial charge in [0, 0.05) is 19.3 Å². The molecule has 0 aromatic carbocycles. The Morgan fingerprint density at radius 1 is 0.585 bits per heavy atom. The fraction of sp³-hybridized carbons (Fsp3) is 0.756. The smallest absolute Gasteiger partial charge is 0.306 e. The number of hydrogen-bond donors (Lipinski definition) is 0. The van der Waals surface area contributed by atoms with Crippen molar-refractivity contribution in [3.8, 4) is 0 Å². The molecule has 0 aromatic heterocycles. The Morgan fingerprint density at radius 2 is 1.06 bits per heavy atom. The Hall–Kier alpha value is -2.71. The van der Waals surface area contributed by atoms with E-state index >= 15 is 0 Å². The van der Waals surface area contributed by atoms with E-state index in [1.165, 1.54) is 57.8 Å². The van der Waals surface area contributed by atoms with Gasteiger partial charge < -0.3 is 28.6 Å². The molecule has 0 radical (unpaired) electrons. The third-order valence-electron chi connectivity index (χ3n) is 9.23. The van der Waals surface area contributed by atoms with Crippen LogP contribution in [0.5, 0.6) is 0 Å². The average Bonchev–Trinajstić information content (AvgIpc) is 3.11. The Labute approximate surface area is 325 Å². The van der Waals surface area contributed by atoms with Gasteiger partial charge in [-0.1, -0.05) is 146 Å². The van der Waals surface area contributed by atoms with E-state index in [-0.39, 0.29) is 42.7 Å². The molecule has 0 saturated heterocycles. The van der Waals surface area contributed by atoms with Crippen molar-refractivity contribution in [3.63, 3.8) is 0 Å². The van der Waals surface area contributed by atoms with Gasteiger partial charge in [0.25, 0.3) is 0 Å². The number of allylic oxidation sites excluding steroid dienone is 8. The summed E-state index contributed by atoms with van der Waals surface area (Å²) in [5.74, 6) is -1.76. The second-order valence-electron chi connectivity index (χ2n) is 15.2. The van der Waals surface area contributed by atoms with Gasteiger partial charge in [-0.15, -0.1) is 0 Å². The lowest BCUT2D eigenvalue weighted by Gasteiger charge is -2.34. The molecule has 53 heavy (non-hydrogen) atoms. The van der Waals surface area contributed by atoms with E-state index in [0.717, 1.165) is 77.0 Å². The summed E-state index contributed by atoms with van der Waals surface area (Å²) in [4.78, 5) is 36.7. The largest absolute Gasteiger partial charge is 0.544 e. The first-order valence-corrected chi connectivity index (χ1v) is 21.2. The van der Waals surface area contributed by atoms with Gasteiger partial charge >= 0.3 is 11.9 Å². The lowest BCUT2D eigenvalue weighted by atomic mass is 10.1. The molecule has 0 saturated carbocycles. The lowest BCUT2D eigenvalue weighted by Crippen LogP contribution is -2.55. The number of nitrogens with zero attached hydrogens (tertiary/aromatic N) is 1. The van der Waals surface area contributed by atoms with Crippen LogP contribution in [0.2, 0.25) is 0 Å². The Bertz CT molecular complexity index is 1010. The summed E-state index contributed by atoms with van der Waals surface area (Å²) in [6.45, 7) is 4.51. The van der Waals surface area contributed by atoms with E-state index in [9.17, 15) is 19.5 Å². The topological polar surface area (TPSA) is 102 Å². The Kier molecular flexibility index (Phi) is 34.4. The number of hydrogen-bond acceptors (Lipinski definition) is 7. The van der Waals surface area contributed by atoms with Crippen LogP contribution in [0.3, 0.4) is 0 Å².